The molecule has 0 aliphatic carbocycles. The summed E-state index contributed by atoms with van der Waals surface area (Å²) < 4.78 is 17.6. The van der Waals surface area contributed by atoms with Gasteiger partial charge in [0.2, 0.25) is 6.79 Å². The van der Waals surface area contributed by atoms with E-state index in [-0.39, 0.29) is 18.6 Å². The number of methoxy groups -OCH3 is 1. The molecule has 0 radical (unpaired) electrons. The van der Waals surface area contributed by atoms with E-state index in [2.05, 4.69) is 31.9 Å². The first-order chi connectivity index (χ1) is 13.9. The van der Waals surface area contributed by atoms with Gasteiger partial charge in [0.15, 0.2) is 11.5 Å². The van der Waals surface area contributed by atoms with Crippen molar-refractivity contribution in [1.82, 2.24) is 4.90 Å². The Balaban J connectivity index is 1.63. The van der Waals surface area contributed by atoms with Gasteiger partial charge in [0.1, 0.15) is 5.75 Å². The monoisotopic (exact) mass is 559 g/mol. The van der Waals surface area contributed by atoms with Crippen LogP contribution in [0.3, 0.4) is 0 Å². The molecule has 0 bridgehead atoms. The van der Waals surface area contributed by atoms with Gasteiger partial charge in [-0.2, -0.15) is 0 Å². The molecule has 2 aliphatic rings. The average Bonchev–Trinajstić information content (AvgIpc) is 3.21. The number of fused-ring (bicyclic) bond motifs is 1. The number of benzene rings is 2. The molecule has 0 unspecified atom stereocenters. The summed E-state index contributed by atoms with van der Waals surface area (Å²) >= 11 is 14.0. The molecule has 0 spiro atoms. The van der Waals surface area contributed by atoms with Crippen LogP contribution in [0.4, 0.5) is 4.79 Å². The van der Waals surface area contributed by atoms with Crippen molar-refractivity contribution in [1.29, 1.82) is 0 Å². The summed E-state index contributed by atoms with van der Waals surface area (Å²) in [5.74, 6) is 1.25. The van der Waals surface area contributed by atoms with Crippen LogP contribution >= 0.6 is 55.2 Å². The highest BCUT2D eigenvalue weighted by Gasteiger charge is 2.36. The van der Waals surface area contributed by atoms with Crippen LogP contribution in [0, 0.1) is 0 Å². The summed E-state index contributed by atoms with van der Waals surface area (Å²) in [5, 5.41) is 0.0258. The lowest BCUT2D eigenvalue weighted by Crippen LogP contribution is -2.27. The minimum atomic E-state index is -0.396. The van der Waals surface area contributed by atoms with Gasteiger partial charge in [-0.25, -0.2) is 0 Å². The summed E-state index contributed by atoms with van der Waals surface area (Å²) in [4.78, 5) is 26.8. The molecular weight excluding hydrogens is 550 g/mol. The number of imide groups is 1. The van der Waals surface area contributed by atoms with Crippen molar-refractivity contribution >= 4 is 72.4 Å². The molecule has 2 amide bonds. The van der Waals surface area contributed by atoms with E-state index >= 15 is 0 Å². The van der Waals surface area contributed by atoms with Gasteiger partial charge in [0, 0.05) is 21.1 Å². The SMILES string of the molecule is COc1c(Br)cc(Br)cc1/C=C1\SC(=O)N(Cc2cc3c(cc2Cl)OCO3)C1=O. The molecule has 2 aromatic rings. The smallest absolute Gasteiger partial charge is 0.293 e. The number of halogens is 3. The van der Waals surface area contributed by atoms with Crippen LogP contribution in [0.15, 0.2) is 38.1 Å². The third-order valence-electron chi connectivity index (χ3n) is 4.27. The van der Waals surface area contributed by atoms with Crippen LogP contribution in [-0.4, -0.2) is 29.9 Å². The summed E-state index contributed by atoms with van der Waals surface area (Å²) in [7, 11) is 1.54. The molecule has 2 aliphatic heterocycles. The quantitative estimate of drug-likeness (QED) is 0.437. The predicted molar refractivity (Wildman–Crippen MR) is 117 cm³/mol. The van der Waals surface area contributed by atoms with Crippen LogP contribution in [0.1, 0.15) is 11.1 Å². The lowest BCUT2D eigenvalue weighted by atomic mass is 10.1. The van der Waals surface area contributed by atoms with Crippen molar-refractivity contribution < 1.29 is 23.8 Å². The number of amides is 2. The zero-order chi connectivity index (χ0) is 20.7. The molecule has 6 nitrogen and oxygen atoms in total. The Hall–Kier alpha value is -1.68. The van der Waals surface area contributed by atoms with Crippen LogP contribution < -0.4 is 14.2 Å². The summed E-state index contributed by atoms with van der Waals surface area (Å²) in [6, 6.07) is 6.96. The second kappa shape index (κ2) is 8.22. The van der Waals surface area contributed by atoms with Gasteiger partial charge >= 0.3 is 0 Å². The van der Waals surface area contributed by atoms with Crippen molar-refractivity contribution in [3.05, 3.63) is 54.3 Å². The number of nitrogens with zero attached hydrogens (tertiary/aromatic N) is 1. The predicted octanol–water partition coefficient (Wildman–Crippen LogP) is 5.84. The van der Waals surface area contributed by atoms with Gasteiger partial charge in [0.05, 0.1) is 23.0 Å². The first-order valence-electron chi connectivity index (χ1n) is 8.24. The van der Waals surface area contributed by atoms with Crippen molar-refractivity contribution in [3.8, 4) is 17.2 Å². The number of carbonyl (C=O) groups excluding carboxylic acids is 2. The molecule has 0 N–H and O–H groups in total. The third kappa shape index (κ3) is 4.01. The molecule has 2 heterocycles. The Morgan fingerprint density at radius 3 is 2.66 bits per heavy atom. The summed E-state index contributed by atoms with van der Waals surface area (Å²) in [6.07, 6.45) is 1.64. The van der Waals surface area contributed by atoms with E-state index in [1.165, 1.54) is 0 Å². The molecule has 2 aromatic carbocycles. The zero-order valence-electron chi connectivity index (χ0n) is 14.8. The number of thioether (sulfide) groups is 1. The van der Waals surface area contributed by atoms with Crippen molar-refractivity contribution in [2.24, 2.45) is 0 Å². The van der Waals surface area contributed by atoms with Crippen LogP contribution in [-0.2, 0) is 11.3 Å². The van der Waals surface area contributed by atoms with Crippen LogP contribution in [0.5, 0.6) is 17.2 Å². The first-order valence-corrected chi connectivity index (χ1v) is 11.0. The third-order valence-corrected chi connectivity index (χ3v) is 6.58. The Labute approximate surface area is 192 Å². The van der Waals surface area contributed by atoms with Crippen molar-refractivity contribution in [2.75, 3.05) is 13.9 Å². The normalized spacial score (nSPS) is 16.8. The van der Waals surface area contributed by atoms with Crippen LogP contribution in [0.25, 0.3) is 6.08 Å². The fraction of sp³-hybridized carbons (Fsp3) is 0.158. The Morgan fingerprint density at radius 2 is 1.93 bits per heavy atom. The second-order valence-corrected chi connectivity index (χ2v) is 9.25. The molecule has 4 rings (SSSR count). The Kier molecular flexibility index (Phi) is 5.83. The average molecular weight is 562 g/mol. The standard InChI is InChI=1S/C19H12Br2ClNO5S/c1-26-17-9(2-11(20)5-12(17)21)4-16-18(24)23(19(25)29-16)7-10-3-14-15(6-13(10)22)28-8-27-14/h2-6H,7-8H2,1H3/b16-4-. The van der Waals surface area contributed by atoms with Gasteiger partial charge in [-0.1, -0.05) is 27.5 Å². The molecule has 10 heteroatoms. The highest BCUT2D eigenvalue weighted by molar-refractivity contribution is 9.11. The minimum absolute atomic E-state index is 0.0385. The van der Waals surface area contributed by atoms with E-state index in [9.17, 15) is 9.59 Å². The van der Waals surface area contributed by atoms with E-state index in [4.69, 9.17) is 25.8 Å². The van der Waals surface area contributed by atoms with Gasteiger partial charge in [-0.3, -0.25) is 14.5 Å². The lowest BCUT2D eigenvalue weighted by Gasteiger charge is -2.14. The highest BCUT2D eigenvalue weighted by atomic mass is 79.9. The Morgan fingerprint density at radius 1 is 1.21 bits per heavy atom. The van der Waals surface area contributed by atoms with E-state index in [1.54, 1.807) is 25.3 Å². The maximum Gasteiger partial charge on any atom is 0.293 e. The molecular formula is C19H12Br2ClNO5S. The van der Waals surface area contributed by atoms with Gasteiger partial charge in [-0.15, -0.1) is 0 Å². The number of rotatable bonds is 4. The van der Waals surface area contributed by atoms with Crippen LogP contribution in [0.2, 0.25) is 5.02 Å². The lowest BCUT2D eigenvalue weighted by molar-refractivity contribution is -0.123. The molecule has 1 saturated heterocycles. The maximum absolute atomic E-state index is 12.9. The molecule has 0 aromatic heterocycles. The van der Waals surface area contributed by atoms with Crippen molar-refractivity contribution in [3.63, 3.8) is 0 Å². The number of ether oxygens (including phenoxy) is 3. The molecule has 1 fully saturated rings. The number of carbonyl (C=O) groups is 2. The number of hydrogen-bond donors (Lipinski definition) is 0. The van der Waals surface area contributed by atoms with Gasteiger partial charge < -0.3 is 14.2 Å². The second-order valence-electron chi connectivity index (χ2n) is 6.07. The maximum atomic E-state index is 12.9. The fourth-order valence-corrected chi connectivity index (χ4v) is 5.39. The first kappa shape index (κ1) is 20.6. The topological polar surface area (TPSA) is 65.1 Å². The van der Waals surface area contributed by atoms with Gasteiger partial charge in [-0.05, 0) is 57.5 Å². The van der Waals surface area contributed by atoms with Crippen molar-refractivity contribution in [2.45, 2.75) is 6.54 Å². The fourth-order valence-electron chi connectivity index (χ4n) is 2.93. The molecule has 150 valence electrons. The largest absolute Gasteiger partial charge is 0.495 e. The Bertz CT molecular complexity index is 1080. The molecule has 29 heavy (non-hydrogen) atoms. The van der Waals surface area contributed by atoms with E-state index < -0.39 is 5.91 Å². The van der Waals surface area contributed by atoms with E-state index in [1.807, 2.05) is 12.1 Å². The highest BCUT2D eigenvalue weighted by Crippen LogP contribution is 2.41. The summed E-state index contributed by atoms with van der Waals surface area (Å²) in [5.41, 5.74) is 1.27. The number of hydrogen-bond acceptors (Lipinski definition) is 6. The summed E-state index contributed by atoms with van der Waals surface area (Å²) in [6.45, 7) is 0.153. The molecule has 0 atom stereocenters. The van der Waals surface area contributed by atoms with Gasteiger partial charge in [0.25, 0.3) is 11.1 Å². The zero-order valence-corrected chi connectivity index (χ0v) is 19.6. The minimum Gasteiger partial charge on any atom is -0.495 e. The van der Waals surface area contributed by atoms with E-state index in [0.29, 0.717) is 38.3 Å². The molecule has 0 saturated carbocycles. The van der Waals surface area contributed by atoms with E-state index in [0.717, 1.165) is 25.6 Å².